The summed E-state index contributed by atoms with van der Waals surface area (Å²) in [5.41, 5.74) is 2.27. The molecule has 80 valence electrons. The van der Waals surface area contributed by atoms with Gasteiger partial charge in [-0.15, -0.1) is 0 Å². The van der Waals surface area contributed by atoms with Gasteiger partial charge in [-0.1, -0.05) is 28.1 Å². The highest BCUT2D eigenvalue weighted by atomic mass is 79.9. The topological polar surface area (TPSA) is 12.4 Å². The number of hydrogen-bond acceptors (Lipinski definition) is 3. The molecule has 0 amide bonds. The largest absolute Gasteiger partial charge is 0.219 e. The molecule has 0 saturated carbocycles. The van der Waals surface area contributed by atoms with Crippen LogP contribution in [0.4, 0.5) is 0 Å². The number of hydrogen-bond donors (Lipinski definition) is 0. The van der Waals surface area contributed by atoms with E-state index in [1.807, 2.05) is 23.6 Å². The molecule has 0 aliphatic rings. The minimum Gasteiger partial charge on any atom is -0.219 e. The lowest BCUT2D eigenvalue weighted by Crippen LogP contribution is -1.95. The van der Waals surface area contributed by atoms with Crippen molar-refractivity contribution in [3.05, 3.63) is 56.7 Å². The van der Waals surface area contributed by atoms with Gasteiger partial charge in [0.25, 0.3) is 0 Å². The average Bonchev–Trinajstić information content (AvgIpc) is 2.79. The van der Waals surface area contributed by atoms with Crippen molar-refractivity contribution in [3.8, 4) is 0 Å². The van der Waals surface area contributed by atoms with E-state index < -0.39 is 0 Å². The van der Waals surface area contributed by atoms with Gasteiger partial charge in [0.2, 0.25) is 0 Å². The van der Waals surface area contributed by atoms with Gasteiger partial charge in [-0.3, -0.25) is 0 Å². The maximum absolute atomic E-state index is 4.71. The van der Waals surface area contributed by atoms with Crippen molar-refractivity contribution in [2.45, 2.75) is 6.04 Å². The number of thiophene rings is 1. The van der Waals surface area contributed by atoms with Crippen LogP contribution in [0.15, 0.2) is 50.6 Å². The summed E-state index contributed by atoms with van der Waals surface area (Å²) >= 11 is 9.83. The third-order valence-electron chi connectivity index (χ3n) is 2.21. The Morgan fingerprint density at radius 2 is 2.19 bits per heavy atom. The fourth-order valence-electron chi connectivity index (χ4n) is 1.50. The lowest BCUT2D eigenvalue weighted by molar-refractivity contribution is 0.886. The van der Waals surface area contributed by atoms with Gasteiger partial charge in [0.15, 0.2) is 0 Å². The molecule has 1 nitrogen and oxygen atoms in total. The van der Waals surface area contributed by atoms with E-state index >= 15 is 0 Å². The van der Waals surface area contributed by atoms with Crippen molar-refractivity contribution in [2.24, 2.45) is 4.99 Å². The summed E-state index contributed by atoms with van der Waals surface area (Å²) in [6.07, 6.45) is 0. The zero-order valence-electron chi connectivity index (χ0n) is 8.26. The van der Waals surface area contributed by atoms with Gasteiger partial charge in [-0.05, 0) is 52.3 Å². The molecule has 16 heavy (non-hydrogen) atoms. The van der Waals surface area contributed by atoms with Crippen LogP contribution in [-0.4, -0.2) is 5.16 Å². The molecule has 0 saturated heterocycles. The number of halogens is 1. The summed E-state index contributed by atoms with van der Waals surface area (Å²) < 4.78 is 1.05. The number of benzene rings is 1. The van der Waals surface area contributed by atoms with Crippen LogP contribution in [0, 0.1) is 0 Å². The minimum absolute atomic E-state index is 0.0405. The smallest absolute Gasteiger partial charge is 0.111 e. The first kappa shape index (κ1) is 11.7. The molecule has 0 spiro atoms. The van der Waals surface area contributed by atoms with Gasteiger partial charge in [0.1, 0.15) is 6.04 Å². The highest BCUT2D eigenvalue weighted by Crippen LogP contribution is 2.28. The highest BCUT2D eigenvalue weighted by molar-refractivity contribution is 9.10. The number of nitrogens with zero attached hydrogens (tertiary/aromatic N) is 1. The zero-order chi connectivity index (χ0) is 11.4. The van der Waals surface area contributed by atoms with E-state index in [2.05, 4.69) is 43.6 Å². The predicted molar refractivity (Wildman–Crippen MR) is 75.3 cm³/mol. The summed E-state index contributed by atoms with van der Waals surface area (Å²) in [6.45, 7) is 0. The van der Waals surface area contributed by atoms with Gasteiger partial charge in [-0.2, -0.15) is 11.3 Å². The Labute approximate surface area is 112 Å². The molecule has 2 rings (SSSR count). The molecule has 1 heterocycles. The monoisotopic (exact) mass is 309 g/mol. The molecule has 0 fully saturated rings. The number of isothiocyanates is 1. The molecule has 1 aromatic heterocycles. The van der Waals surface area contributed by atoms with Crippen molar-refractivity contribution >= 4 is 44.6 Å². The van der Waals surface area contributed by atoms with Crippen molar-refractivity contribution in [3.63, 3.8) is 0 Å². The summed E-state index contributed by atoms with van der Waals surface area (Å²) in [5, 5.41) is 6.60. The van der Waals surface area contributed by atoms with Crippen LogP contribution in [0.5, 0.6) is 0 Å². The lowest BCUT2D eigenvalue weighted by Gasteiger charge is -2.09. The van der Waals surface area contributed by atoms with Crippen LogP contribution in [0.1, 0.15) is 17.2 Å². The van der Waals surface area contributed by atoms with Gasteiger partial charge >= 0.3 is 0 Å². The van der Waals surface area contributed by atoms with E-state index in [-0.39, 0.29) is 6.04 Å². The molecule has 2 aromatic rings. The third-order valence-corrected chi connectivity index (χ3v) is 3.51. The summed E-state index contributed by atoms with van der Waals surface area (Å²) in [7, 11) is 0. The molecular weight excluding hydrogens is 302 g/mol. The van der Waals surface area contributed by atoms with E-state index in [0.717, 1.165) is 15.6 Å². The Bertz CT molecular complexity index is 516. The summed E-state index contributed by atoms with van der Waals surface area (Å²) in [4.78, 5) is 4.23. The predicted octanol–water partition coefficient (Wildman–Crippen LogP) is 4.70. The Kier molecular flexibility index (Phi) is 4.02. The SMILES string of the molecule is S=C=NC(c1ccsc1)c1cccc(Br)c1. The highest BCUT2D eigenvalue weighted by Gasteiger charge is 2.12. The van der Waals surface area contributed by atoms with E-state index in [4.69, 9.17) is 12.2 Å². The van der Waals surface area contributed by atoms with Crippen LogP contribution in [0.25, 0.3) is 0 Å². The fourth-order valence-corrected chi connectivity index (χ4v) is 2.70. The van der Waals surface area contributed by atoms with E-state index in [1.165, 1.54) is 0 Å². The van der Waals surface area contributed by atoms with Crippen molar-refractivity contribution in [2.75, 3.05) is 0 Å². The Morgan fingerprint density at radius 3 is 2.81 bits per heavy atom. The van der Waals surface area contributed by atoms with Crippen LogP contribution < -0.4 is 0 Å². The first-order valence-corrected chi connectivity index (χ1v) is 6.80. The first-order valence-electron chi connectivity index (χ1n) is 4.66. The molecule has 1 unspecified atom stereocenters. The average molecular weight is 310 g/mol. The van der Waals surface area contributed by atoms with E-state index in [9.17, 15) is 0 Å². The fraction of sp³-hybridized carbons (Fsp3) is 0.0833. The molecule has 1 aromatic carbocycles. The second-order valence-electron chi connectivity index (χ2n) is 3.23. The molecule has 0 bridgehead atoms. The molecule has 1 atom stereocenters. The molecule has 0 radical (unpaired) electrons. The second-order valence-corrected chi connectivity index (χ2v) is 5.11. The lowest BCUT2D eigenvalue weighted by atomic mass is 10.0. The zero-order valence-corrected chi connectivity index (χ0v) is 11.5. The Hall–Kier alpha value is -0.800. The van der Waals surface area contributed by atoms with Crippen molar-refractivity contribution in [1.29, 1.82) is 0 Å². The number of aliphatic imine (C=N–C) groups is 1. The second kappa shape index (κ2) is 5.51. The quantitative estimate of drug-likeness (QED) is 0.591. The maximum Gasteiger partial charge on any atom is 0.111 e. The van der Waals surface area contributed by atoms with Crippen LogP contribution in [-0.2, 0) is 0 Å². The van der Waals surface area contributed by atoms with E-state index in [0.29, 0.717) is 0 Å². The van der Waals surface area contributed by atoms with Gasteiger partial charge in [0.05, 0.1) is 5.16 Å². The van der Waals surface area contributed by atoms with Gasteiger partial charge in [0, 0.05) is 4.47 Å². The van der Waals surface area contributed by atoms with Crippen molar-refractivity contribution < 1.29 is 0 Å². The molecule has 4 heteroatoms. The van der Waals surface area contributed by atoms with Gasteiger partial charge < -0.3 is 0 Å². The molecule has 0 aliphatic heterocycles. The number of rotatable bonds is 3. The minimum atomic E-state index is -0.0405. The Balaban J connectivity index is 2.44. The first-order chi connectivity index (χ1) is 7.81. The summed E-state index contributed by atoms with van der Waals surface area (Å²) in [5.74, 6) is 0. The Morgan fingerprint density at radius 1 is 1.31 bits per heavy atom. The third kappa shape index (κ3) is 2.66. The van der Waals surface area contributed by atoms with Crippen molar-refractivity contribution in [1.82, 2.24) is 0 Å². The molecule has 0 N–H and O–H groups in total. The molecule has 0 aliphatic carbocycles. The standard InChI is InChI=1S/C12H8BrNS2/c13-11-3-1-2-9(6-11)12(14-8-15)10-4-5-16-7-10/h1-7,12H. The van der Waals surface area contributed by atoms with Gasteiger partial charge in [-0.25, -0.2) is 4.99 Å². The summed E-state index contributed by atoms with van der Waals surface area (Å²) in [6, 6.07) is 10.1. The van der Waals surface area contributed by atoms with Crippen LogP contribution in [0.2, 0.25) is 0 Å². The van der Waals surface area contributed by atoms with Crippen LogP contribution >= 0.6 is 39.5 Å². The normalized spacial score (nSPS) is 11.8. The van der Waals surface area contributed by atoms with E-state index in [1.54, 1.807) is 11.3 Å². The van der Waals surface area contributed by atoms with Crippen LogP contribution in [0.3, 0.4) is 0 Å². The molecular formula is C12H8BrNS2. The number of thiocarbonyl (C=S) groups is 1. The maximum atomic E-state index is 4.71.